The van der Waals surface area contributed by atoms with Gasteiger partial charge in [-0.15, -0.1) is 0 Å². The van der Waals surface area contributed by atoms with Gasteiger partial charge in [0, 0.05) is 11.4 Å². The van der Waals surface area contributed by atoms with Gasteiger partial charge in [0.15, 0.2) is 0 Å². The van der Waals surface area contributed by atoms with E-state index in [2.05, 4.69) is 10.6 Å². The zero-order valence-electron chi connectivity index (χ0n) is 15.4. The smallest absolute Gasteiger partial charge is 0.240 e. The summed E-state index contributed by atoms with van der Waals surface area (Å²) in [5, 5.41) is 5.78. The minimum Gasteiger partial charge on any atom is -0.494 e. The average molecular weight is 352 g/mol. The largest absolute Gasteiger partial charge is 0.494 e. The van der Waals surface area contributed by atoms with Gasteiger partial charge in [-0.25, -0.2) is 0 Å². The van der Waals surface area contributed by atoms with Crippen LogP contribution in [0.15, 0.2) is 42.5 Å². The number of anilines is 2. The molecule has 0 atom stereocenters. The Labute approximate surface area is 153 Å². The molecule has 2 aromatic carbocycles. The predicted octanol–water partition coefficient (Wildman–Crippen LogP) is 4.06. The predicted molar refractivity (Wildman–Crippen MR) is 102 cm³/mol. The summed E-state index contributed by atoms with van der Waals surface area (Å²) >= 11 is 0. The first-order valence-corrected chi connectivity index (χ1v) is 8.88. The van der Waals surface area contributed by atoms with Crippen LogP contribution in [0, 0.1) is 19.3 Å². The Morgan fingerprint density at radius 2 is 1.65 bits per heavy atom. The summed E-state index contributed by atoms with van der Waals surface area (Å²) in [5.41, 5.74) is 2.56. The van der Waals surface area contributed by atoms with E-state index in [4.69, 9.17) is 4.74 Å². The van der Waals surface area contributed by atoms with Crippen molar-refractivity contribution in [1.29, 1.82) is 0 Å². The number of ether oxygens (including phenoxy) is 1. The molecule has 0 saturated heterocycles. The van der Waals surface area contributed by atoms with Crippen LogP contribution in [0.25, 0.3) is 0 Å². The van der Waals surface area contributed by atoms with E-state index in [1.807, 2.05) is 39.0 Å². The van der Waals surface area contributed by atoms with Crippen LogP contribution in [0.5, 0.6) is 5.75 Å². The number of amides is 2. The molecule has 2 amide bonds. The Morgan fingerprint density at radius 1 is 1.00 bits per heavy atom. The number of rotatable bonds is 6. The Morgan fingerprint density at radius 3 is 2.27 bits per heavy atom. The van der Waals surface area contributed by atoms with Gasteiger partial charge in [-0.1, -0.05) is 12.1 Å². The summed E-state index contributed by atoms with van der Waals surface area (Å²) in [5.74, 6) is 0.249. The molecule has 0 heterocycles. The molecule has 0 aliphatic heterocycles. The van der Waals surface area contributed by atoms with E-state index in [1.165, 1.54) is 0 Å². The van der Waals surface area contributed by atoms with Crippen LogP contribution in [0.3, 0.4) is 0 Å². The molecule has 136 valence electrons. The first-order chi connectivity index (χ1) is 12.5. The molecule has 5 nitrogen and oxygen atoms in total. The molecule has 1 aliphatic carbocycles. The van der Waals surface area contributed by atoms with E-state index >= 15 is 0 Å². The Kier molecular flexibility index (Phi) is 4.98. The zero-order valence-corrected chi connectivity index (χ0v) is 15.4. The van der Waals surface area contributed by atoms with Gasteiger partial charge < -0.3 is 15.4 Å². The highest BCUT2D eigenvalue weighted by atomic mass is 16.5. The summed E-state index contributed by atoms with van der Waals surface area (Å²) in [7, 11) is 0. The number of carbonyl (C=O) groups excluding carboxylic acids is 2. The number of nitrogens with one attached hydrogen (secondary N) is 2. The van der Waals surface area contributed by atoms with Gasteiger partial charge in [0.25, 0.3) is 0 Å². The van der Waals surface area contributed by atoms with Gasteiger partial charge in [-0.05, 0) is 75.1 Å². The lowest BCUT2D eigenvalue weighted by molar-refractivity contribution is -0.131. The first-order valence-electron chi connectivity index (χ1n) is 8.88. The van der Waals surface area contributed by atoms with Crippen molar-refractivity contribution in [3.8, 4) is 5.75 Å². The van der Waals surface area contributed by atoms with Gasteiger partial charge in [0.1, 0.15) is 11.2 Å². The fourth-order valence-electron chi connectivity index (χ4n) is 2.86. The molecule has 1 saturated carbocycles. The van der Waals surface area contributed by atoms with E-state index < -0.39 is 5.41 Å². The molecule has 0 spiro atoms. The van der Waals surface area contributed by atoms with E-state index in [1.54, 1.807) is 24.3 Å². The molecule has 2 aromatic rings. The second-order valence-electron chi connectivity index (χ2n) is 6.70. The van der Waals surface area contributed by atoms with Crippen LogP contribution in [0.4, 0.5) is 11.4 Å². The zero-order chi connectivity index (χ0) is 18.7. The molecule has 1 aliphatic rings. The minimum atomic E-state index is -0.977. The molecule has 2 N–H and O–H groups in total. The van der Waals surface area contributed by atoms with Crippen molar-refractivity contribution in [2.24, 2.45) is 5.41 Å². The average Bonchev–Trinajstić information content (AvgIpc) is 3.43. The van der Waals surface area contributed by atoms with Crippen molar-refractivity contribution in [2.45, 2.75) is 33.6 Å². The molecule has 3 rings (SSSR count). The Balaban J connectivity index is 1.68. The highest BCUT2D eigenvalue weighted by molar-refractivity contribution is 6.17. The lowest BCUT2D eigenvalue weighted by atomic mass is 10.0. The van der Waals surface area contributed by atoms with Crippen LogP contribution in [-0.2, 0) is 9.59 Å². The minimum absolute atomic E-state index is 0.241. The molecule has 26 heavy (non-hydrogen) atoms. The molecule has 1 fully saturated rings. The number of aryl methyl sites for hydroxylation is 1. The van der Waals surface area contributed by atoms with Crippen molar-refractivity contribution in [3.63, 3.8) is 0 Å². The van der Waals surface area contributed by atoms with Crippen molar-refractivity contribution in [2.75, 3.05) is 17.2 Å². The lowest BCUT2D eigenvalue weighted by Crippen LogP contribution is -2.35. The quantitative estimate of drug-likeness (QED) is 0.771. The van der Waals surface area contributed by atoms with Crippen LogP contribution >= 0.6 is 0 Å². The van der Waals surface area contributed by atoms with Gasteiger partial charge in [0.05, 0.1) is 6.61 Å². The van der Waals surface area contributed by atoms with Crippen LogP contribution in [0.2, 0.25) is 0 Å². The first kappa shape index (κ1) is 18.0. The van der Waals surface area contributed by atoms with Crippen molar-refractivity contribution in [1.82, 2.24) is 0 Å². The van der Waals surface area contributed by atoms with Gasteiger partial charge in [0.2, 0.25) is 11.8 Å². The van der Waals surface area contributed by atoms with E-state index in [0.29, 0.717) is 25.1 Å². The molecule has 0 radical (unpaired) electrons. The number of hydrogen-bond donors (Lipinski definition) is 2. The van der Waals surface area contributed by atoms with Crippen LogP contribution < -0.4 is 15.4 Å². The normalized spacial score (nSPS) is 14.4. The monoisotopic (exact) mass is 352 g/mol. The Hall–Kier alpha value is -2.82. The van der Waals surface area contributed by atoms with Crippen molar-refractivity contribution < 1.29 is 14.3 Å². The summed E-state index contributed by atoms with van der Waals surface area (Å²) < 4.78 is 5.39. The lowest BCUT2D eigenvalue weighted by Gasteiger charge is -2.17. The molecule has 0 bridgehead atoms. The van der Waals surface area contributed by atoms with Crippen molar-refractivity contribution >= 4 is 23.2 Å². The molecule has 5 heteroatoms. The SMILES string of the molecule is CCOc1ccc(NC(=O)C2(C(=O)Nc3cccc(C)c3C)CC2)cc1. The fraction of sp³-hybridized carbons (Fsp3) is 0.333. The maximum absolute atomic E-state index is 12.7. The topological polar surface area (TPSA) is 67.4 Å². The highest BCUT2D eigenvalue weighted by Crippen LogP contribution is 2.47. The molecule has 0 unspecified atom stereocenters. The van der Waals surface area contributed by atoms with Crippen LogP contribution in [0.1, 0.15) is 30.9 Å². The highest BCUT2D eigenvalue weighted by Gasteiger charge is 2.56. The van der Waals surface area contributed by atoms with Gasteiger partial charge in [-0.2, -0.15) is 0 Å². The summed E-state index contributed by atoms with van der Waals surface area (Å²) in [6.07, 6.45) is 1.12. The second kappa shape index (κ2) is 7.20. The molecule has 0 aromatic heterocycles. The fourth-order valence-corrected chi connectivity index (χ4v) is 2.86. The summed E-state index contributed by atoms with van der Waals surface area (Å²) in [6, 6.07) is 12.9. The van der Waals surface area contributed by atoms with Crippen LogP contribution in [-0.4, -0.2) is 18.4 Å². The number of benzene rings is 2. The van der Waals surface area contributed by atoms with Crippen molar-refractivity contribution in [3.05, 3.63) is 53.6 Å². The Bertz CT molecular complexity index is 824. The maximum Gasteiger partial charge on any atom is 0.240 e. The molecular formula is C21H24N2O3. The number of hydrogen-bond acceptors (Lipinski definition) is 3. The number of carbonyl (C=O) groups is 2. The summed E-state index contributed by atoms with van der Waals surface area (Å²) in [4.78, 5) is 25.4. The summed E-state index contributed by atoms with van der Waals surface area (Å²) in [6.45, 7) is 6.47. The standard InChI is InChI=1S/C21H24N2O3/c1-4-26-17-10-8-16(9-11-17)22-19(24)21(12-13-21)20(25)23-18-7-5-6-14(2)15(18)3/h5-11H,4,12-13H2,1-3H3,(H,22,24)(H,23,25). The third-order valence-corrected chi connectivity index (χ3v) is 4.90. The van der Waals surface area contributed by atoms with E-state index in [-0.39, 0.29) is 11.8 Å². The maximum atomic E-state index is 12.7. The third kappa shape index (κ3) is 3.57. The molecular weight excluding hydrogens is 328 g/mol. The van der Waals surface area contributed by atoms with E-state index in [9.17, 15) is 9.59 Å². The van der Waals surface area contributed by atoms with Gasteiger partial charge >= 0.3 is 0 Å². The third-order valence-electron chi connectivity index (χ3n) is 4.90. The van der Waals surface area contributed by atoms with Gasteiger partial charge in [-0.3, -0.25) is 9.59 Å². The second-order valence-corrected chi connectivity index (χ2v) is 6.70. The van der Waals surface area contributed by atoms with E-state index in [0.717, 1.165) is 22.6 Å².